The highest BCUT2D eigenvalue weighted by Gasteiger charge is 2.13. The van der Waals surface area contributed by atoms with E-state index in [2.05, 4.69) is 22.4 Å². The number of aryl methyl sites for hydroxylation is 1. The van der Waals surface area contributed by atoms with E-state index in [1.165, 1.54) is 56.1 Å². The standard InChI is InChI=1S/C26H31ClN2O/c27-23-13-14-25-24(17-23)22(18-29-25)15-16-28-26(30)21-11-9-20(10-12-21)8-4-7-19-5-2-1-3-6-19/h9-14,17-19,29H,1-8,15-16H2,(H,28,30). The number of aromatic amines is 1. The maximum Gasteiger partial charge on any atom is 0.251 e. The first-order valence-corrected chi connectivity index (χ1v) is 11.7. The second kappa shape index (κ2) is 10.2. The maximum atomic E-state index is 12.5. The van der Waals surface area contributed by atoms with Gasteiger partial charge in [-0.25, -0.2) is 0 Å². The lowest BCUT2D eigenvalue weighted by Crippen LogP contribution is -2.25. The number of hydrogen-bond acceptors (Lipinski definition) is 1. The Hall–Kier alpha value is -2.26. The van der Waals surface area contributed by atoms with Crippen LogP contribution in [0.25, 0.3) is 10.9 Å². The van der Waals surface area contributed by atoms with Crippen molar-refractivity contribution in [2.75, 3.05) is 6.54 Å². The van der Waals surface area contributed by atoms with Crippen molar-refractivity contribution in [3.63, 3.8) is 0 Å². The topological polar surface area (TPSA) is 44.9 Å². The molecule has 0 saturated heterocycles. The van der Waals surface area contributed by atoms with Crippen molar-refractivity contribution in [1.82, 2.24) is 10.3 Å². The SMILES string of the molecule is O=C(NCCc1c[nH]c2ccc(Cl)cc12)c1ccc(CCCC2CCCCC2)cc1. The van der Waals surface area contributed by atoms with E-state index in [0.717, 1.165) is 40.2 Å². The summed E-state index contributed by atoms with van der Waals surface area (Å²) in [4.78, 5) is 15.7. The molecule has 30 heavy (non-hydrogen) atoms. The molecule has 1 saturated carbocycles. The first-order valence-electron chi connectivity index (χ1n) is 11.3. The molecule has 1 amide bonds. The second-order valence-electron chi connectivity index (χ2n) is 8.60. The van der Waals surface area contributed by atoms with Crippen LogP contribution >= 0.6 is 11.6 Å². The van der Waals surface area contributed by atoms with E-state index in [1.807, 2.05) is 36.5 Å². The molecule has 1 aromatic heterocycles. The van der Waals surface area contributed by atoms with Gasteiger partial charge in [0.25, 0.3) is 5.91 Å². The van der Waals surface area contributed by atoms with Crippen LogP contribution in [-0.4, -0.2) is 17.4 Å². The average Bonchev–Trinajstić information content (AvgIpc) is 3.17. The number of nitrogens with one attached hydrogen (secondary N) is 2. The van der Waals surface area contributed by atoms with Gasteiger partial charge >= 0.3 is 0 Å². The monoisotopic (exact) mass is 422 g/mol. The molecular formula is C26H31ClN2O. The van der Waals surface area contributed by atoms with Gasteiger partial charge in [0.1, 0.15) is 0 Å². The number of halogens is 1. The van der Waals surface area contributed by atoms with Crippen molar-refractivity contribution in [3.05, 3.63) is 70.4 Å². The van der Waals surface area contributed by atoms with E-state index >= 15 is 0 Å². The van der Waals surface area contributed by atoms with Crippen molar-refractivity contribution in [2.24, 2.45) is 5.92 Å². The van der Waals surface area contributed by atoms with Gasteiger partial charge in [-0.05, 0) is 66.6 Å². The van der Waals surface area contributed by atoms with E-state index in [4.69, 9.17) is 11.6 Å². The summed E-state index contributed by atoms with van der Waals surface area (Å²) < 4.78 is 0. The average molecular weight is 423 g/mol. The zero-order chi connectivity index (χ0) is 20.8. The van der Waals surface area contributed by atoms with Crippen LogP contribution in [0.2, 0.25) is 5.02 Å². The first kappa shape index (κ1) is 21.0. The molecule has 0 bridgehead atoms. The van der Waals surface area contributed by atoms with E-state index < -0.39 is 0 Å². The minimum atomic E-state index is -0.0124. The second-order valence-corrected chi connectivity index (χ2v) is 9.04. The zero-order valence-corrected chi connectivity index (χ0v) is 18.3. The van der Waals surface area contributed by atoms with Gasteiger partial charge in [0, 0.05) is 34.2 Å². The predicted octanol–water partition coefficient (Wildman–Crippen LogP) is 6.70. The van der Waals surface area contributed by atoms with Crippen molar-refractivity contribution in [2.45, 2.75) is 57.8 Å². The smallest absolute Gasteiger partial charge is 0.251 e. The molecule has 0 atom stereocenters. The van der Waals surface area contributed by atoms with Crippen molar-refractivity contribution < 1.29 is 4.79 Å². The molecule has 2 aromatic carbocycles. The minimum absolute atomic E-state index is 0.0124. The molecule has 0 radical (unpaired) electrons. The Labute approximate surface area is 184 Å². The third kappa shape index (κ3) is 5.46. The quantitative estimate of drug-likeness (QED) is 0.417. The largest absolute Gasteiger partial charge is 0.361 e. The summed E-state index contributed by atoms with van der Waals surface area (Å²) in [6.07, 6.45) is 13.6. The van der Waals surface area contributed by atoms with Gasteiger partial charge in [0.2, 0.25) is 0 Å². The number of benzene rings is 2. The van der Waals surface area contributed by atoms with E-state index in [0.29, 0.717) is 6.54 Å². The molecule has 1 heterocycles. The lowest BCUT2D eigenvalue weighted by Gasteiger charge is -2.21. The highest BCUT2D eigenvalue weighted by atomic mass is 35.5. The summed E-state index contributed by atoms with van der Waals surface area (Å²) in [5, 5.41) is 4.88. The Kier molecular flexibility index (Phi) is 7.11. The molecule has 3 aromatic rings. The van der Waals surface area contributed by atoms with Gasteiger partial charge in [-0.2, -0.15) is 0 Å². The molecule has 1 aliphatic rings. The van der Waals surface area contributed by atoms with Crippen LogP contribution in [0.5, 0.6) is 0 Å². The zero-order valence-electron chi connectivity index (χ0n) is 17.6. The molecule has 4 rings (SSSR count). The molecular weight excluding hydrogens is 392 g/mol. The lowest BCUT2D eigenvalue weighted by atomic mass is 9.85. The van der Waals surface area contributed by atoms with Crippen LogP contribution in [0, 0.1) is 5.92 Å². The molecule has 4 heteroatoms. The number of carbonyl (C=O) groups excluding carboxylic acids is 1. The van der Waals surface area contributed by atoms with Gasteiger partial charge in [0.05, 0.1) is 0 Å². The third-order valence-electron chi connectivity index (χ3n) is 6.43. The molecule has 1 fully saturated rings. The summed E-state index contributed by atoms with van der Waals surface area (Å²) in [7, 11) is 0. The van der Waals surface area contributed by atoms with Crippen molar-refractivity contribution in [3.8, 4) is 0 Å². The fraction of sp³-hybridized carbons (Fsp3) is 0.423. The number of aromatic nitrogens is 1. The van der Waals surface area contributed by atoms with E-state index in [-0.39, 0.29) is 5.91 Å². The molecule has 0 spiro atoms. The Morgan fingerprint density at radius 3 is 2.63 bits per heavy atom. The van der Waals surface area contributed by atoms with Crippen LogP contribution in [0.4, 0.5) is 0 Å². The number of rotatable bonds is 8. The highest BCUT2D eigenvalue weighted by Crippen LogP contribution is 2.28. The Balaban J connectivity index is 1.22. The summed E-state index contributed by atoms with van der Waals surface area (Å²) in [6, 6.07) is 14.0. The van der Waals surface area contributed by atoms with Crippen LogP contribution in [0.15, 0.2) is 48.7 Å². The maximum absolute atomic E-state index is 12.5. The van der Waals surface area contributed by atoms with Gasteiger partial charge in [-0.3, -0.25) is 4.79 Å². The fourth-order valence-corrected chi connectivity index (χ4v) is 4.84. The van der Waals surface area contributed by atoms with Crippen LogP contribution < -0.4 is 5.32 Å². The lowest BCUT2D eigenvalue weighted by molar-refractivity contribution is 0.0954. The van der Waals surface area contributed by atoms with Gasteiger partial charge < -0.3 is 10.3 Å². The number of hydrogen-bond donors (Lipinski definition) is 2. The van der Waals surface area contributed by atoms with Crippen LogP contribution in [0.3, 0.4) is 0 Å². The number of amides is 1. The fourth-order valence-electron chi connectivity index (χ4n) is 4.66. The molecule has 158 valence electrons. The summed E-state index contributed by atoms with van der Waals surface area (Å²) in [6.45, 7) is 0.599. The van der Waals surface area contributed by atoms with Crippen molar-refractivity contribution >= 4 is 28.4 Å². The summed E-state index contributed by atoms with van der Waals surface area (Å²) in [5.41, 5.74) is 4.30. The van der Waals surface area contributed by atoms with E-state index in [9.17, 15) is 4.79 Å². The van der Waals surface area contributed by atoms with E-state index in [1.54, 1.807) is 0 Å². The normalized spacial score (nSPS) is 14.8. The number of H-pyrrole nitrogens is 1. The molecule has 0 unspecified atom stereocenters. The Morgan fingerprint density at radius 2 is 1.83 bits per heavy atom. The van der Waals surface area contributed by atoms with Gasteiger partial charge in [0.15, 0.2) is 0 Å². The highest BCUT2D eigenvalue weighted by molar-refractivity contribution is 6.31. The predicted molar refractivity (Wildman–Crippen MR) is 125 cm³/mol. The third-order valence-corrected chi connectivity index (χ3v) is 6.66. The van der Waals surface area contributed by atoms with Crippen LogP contribution in [0.1, 0.15) is 66.4 Å². The molecule has 3 nitrogen and oxygen atoms in total. The minimum Gasteiger partial charge on any atom is -0.361 e. The van der Waals surface area contributed by atoms with Gasteiger partial charge in [-0.1, -0.05) is 62.3 Å². The first-order chi connectivity index (χ1) is 14.7. The summed E-state index contributed by atoms with van der Waals surface area (Å²) >= 11 is 6.11. The Bertz CT molecular complexity index is 970. The molecule has 0 aliphatic heterocycles. The number of fused-ring (bicyclic) bond motifs is 1. The van der Waals surface area contributed by atoms with Gasteiger partial charge in [-0.15, -0.1) is 0 Å². The number of carbonyl (C=O) groups is 1. The van der Waals surface area contributed by atoms with Crippen molar-refractivity contribution in [1.29, 1.82) is 0 Å². The molecule has 2 N–H and O–H groups in total. The van der Waals surface area contributed by atoms with Crippen LogP contribution in [-0.2, 0) is 12.8 Å². The Morgan fingerprint density at radius 1 is 1.03 bits per heavy atom. The molecule has 1 aliphatic carbocycles. The summed E-state index contributed by atoms with van der Waals surface area (Å²) in [5.74, 6) is 0.929.